The van der Waals surface area contributed by atoms with E-state index in [1.807, 2.05) is 32.0 Å². The Bertz CT molecular complexity index is 995. The molecule has 0 aliphatic rings. The van der Waals surface area contributed by atoms with E-state index in [0.29, 0.717) is 11.4 Å². The quantitative estimate of drug-likeness (QED) is 0.794. The summed E-state index contributed by atoms with van der Waals surface area (Å²) >= 11 is 0. The maximum atomic E-state index is 12.6. The standard InChI is InChI=1S/C19H19N3O3/c1-12-7-8-16(25-3)14(10-12)13(2)21-18(23)15-11-20-17-6-4-5-9-22(17)19(15)24/h4-11,13H,1-3H3,(H,21,23). The summed E-state index contributed by atoms with van der Waals surface area (Å²) in [6.07, 6.45) is 2.90. The molecule has 0 aliphatic carbocycles. The van der Waals surface area contributed by atoms with Gasteiger partial charge in [0, 0.05) is 18.0 Å². The normalized spacial score (nSPS) is 12.0. The molecule has 6 heteroatoms. The van der Waals surface area contributed by atoms with Gasteiger partial charge >= 0.3 is 0 Å². The van der Waals surface area contributed by atoms with E-state index >= 15 is 0 Å². The summed E-state index contributed by atoms with van der Waals surface area (Å²) in [4.78, 5) is 29.2. The first-order valence-electron chi connectivity index (χ1n) is 7.93. The molecule has 1 amide bonds. The van der Waals surface area contributed by atoms with Crippen LogP contribution in [0.2, 0.25) is 0 Å². The van der Waals surface area contributed by atoms with Crippen molar-refractivity contribution in [2.24, 2.45) is 0 Å². The third-order valence-corrected chi connectivity index (χ3v) is 4.06. The number of nitrogens with one attached hydrogen (secondary N) is 1. The number of hydrogen-bond acceptors (Lipinski definition) is 4. The van der Waals surface area contributed by atoms with Crippen molar-refractivity contribution in [1.29, 1.82) is 0 Å². The molecular weight excluding hydrogens is 318 g/mol. The van der Waals surface area contributed by atoms with Gasteiger partial charge in [-0.25, -0.2) is 4.98 Å². The summed E-state index contributed by atoms with van der Waals surface area (Å²) in [5, 5.41) is 2.85. The Balaban J connectivity index is 1.91. The zero-order valence-electron chi connectivity index (χ0n) is 14.3. The molecule has 0 aliphatic heterocycles. The molecule has 2 aromatic heterocycles. The summed E-state index contributed by atoms with van der Waals surface area (Å²) < 4.78 is 6.71. The van der Waals surface area contributed by atoms with Crippen molar-refractivity contribution in [3.05, 3.63) is 75.8 Å². The Kier molecular flexibility index (Phi) is 4.52. The third-order valence-electron chi connectivity index (χ3n) is 4.06. The molecule has 1 aromatic carbocycles. The van der Waals surface area contributed by atoms with Crippen molar-refractivity contribution in [3.63, 3.8) is 0 Å². The predicted octanol–water partition coefficient (Wildman–Crippen LogP) is 2.50. The molecule has 3 rings (SSSR count). The smallest absolute Gasteiger partial charge is 0.270 e. The van der Waals surface area contributed by atoms with E-state index in [4.69, 9.17) is 4.74 Å². The van der Waals surface area contributed by atoms with Crippen LogP contribution in [-0.2, 0) is 0 Å². The average Bonchev–Trinajstić information content (AvgIpc) is 2.62. The van der Waals surface area contributed by atoms with Gasteiger partial charge in [-0.2, -0.15) is 0 Å². The Morgan fingerprint density at radius 3 is 2.84 bits per heavy atom. The summed E-state index contributed by atoms with van der Waals surface area (Å²) in [7, 11) is 1.59. The molecule has 0 spiro atoms. The van der Waals surface area contributed by atoms with E-state index in [9.17, 15) is 9.59 Å². The summed E-state index contributed by atoms with van der Waals surface area (Å²) in [6.45, 7) is 3.82. The van der Waals surface area contributed by atoms with Gasteiger partial charge in [0.2, 0.25) is 0 Å². The van der Waals surface area contributed by atoms with E-state index in [1.54, 1.807) is 31.5 Å². The monoisotopic (exact) mass is 337 g/mol. The van der Waals surface area contributed by atoms with Gasteiger partial charge in [-0.05, 0) is 32.0 Å². The Hall–Kier alpha value is -3.15. The molecule has 0 fully saturated rings. The van der Waals surface area contributed by atoms with Crippen LogP contribution >= 0.6 is 0 Å². The van der Waals surface area contributed by atoms with Crippen LogP contribution in [0.5, 0.6) is 5.75 Å². The van der Waals surface area contributed by atoms with Crippen molar-refractivity contribution >= 4 is 11.6 Å². The fourth-order valence-corrected chi connectivity index (χ4v) is 2.73. The Morgan fingerprint density at radius 2 is 2.08 bits per heavy atom. The van der Waals surface area contributed by atoms with Crippen LogP contribution in [0.15, 0.2) is 53.6 Å². The molecule has 0 radical (unpaired) electrons. The molecule has 6 nitrogen and oxygen atoms in total. The number of carbonyl (C=O) groups is 1. The van der Waals surface area contributed by atoms with Crippen molar-refractivity contribution in [3.8, 4) is 5.75 Å². The number of fused-ring (bicyclic) bond motifs is 1. The number of hydrogen-bond donors (Lipinski definition) is 1. The summed E-state index contributed by atoms with van der Waals surface area (Å²) in [6, 6.07) is 10.7. The molecule has 1 atom stereocenters. The van der Waals surface area contributed by atoms with Crippen LogP contribution in [0.1, 0.15) is 34.5 Å². The lowest BCUT2D eigenvalue weighted by molar-refractivity contribution is 0.0937. The molecule has 1 N–H and O–H groups in total. The van der Waals surface area contributed by atoms with Crippen molar-refractivity contribution < 1.29 is 9.53 Å². The molecular formula is C19H19N3O3. The molecule has 0 bridgehead atoms. The number of amides is 1. The number of aromatic nitrogens is 2. The van der Waals surface area contributed by atoms with E-state index in [-0.39, 0.29) is 11.6 Å². The highest BCUT2D eigenvalue weighted by molar-refractivity contribution is 5.94. The lowest BCUT2D eigenvalue weighted by Gasteiger charge is -2.18. The van der Waals surface area contributed by atoms with Gasteiger partial charge < -0.3 is 10.1 Å². The maximum Gasteiger partial charge on any atom is 0.270 e. The lowest BCUT2D eigenvalue weighted by atomic mass is 10.0. The summed E-state index contributed by atoms with van der Waals surface area (Å²) in [5.41, 5.74) is 2.01. The largest absolute Gasteiger partial charge is 0.496 e. The van der Waals surface area contributed by atoms with Crippen LogP contribution in [-0.4, -0.2) is 22.4 Å². The Labute approximate surface area is 145 Å². The van der Waals surface area contributed by atoms with E-state index in [0.717, 1.165) is 11.1 Å². The van der Waals surface area contributed by atoms with Gasteiger partial charge in [0.05, 0.1) is 13.2 Å². The van der Waals surface area contributed by atoms with Crippen LogP contribution in [0.4, 0.5) is 0 Å². The third kappa shape index (κ3) is 3.24. The molecule has 128 valence electrons. The number of ether oxygens (including phenoxy) is 1. The van der Waals surface area contributed by atoms with Crippen molar-refractivity contribution in [2.75, 3.05) is 7.11 Å². The minimum Gasteiger partial charge on any atom is -0.496 e. The minimum absolute atomic E-state index is 0.00201. The van der Waals surface area contributed by atoms with Crippen LogP contribution in [0, 0.1) is 6.92 Å². The second-order valence-corrected chi connectivity index (χ2v) is 5.85. The fourth-order valence-electron chi connectivity index (χ4n) is 2.73. The topological polar surface area (TPSA) is 72.7 Å². The number of benzene rings is 1. The number of carbonyl (C=O) groups excluding carboxylic acids is 1. The molecule has 1 unspecified atom stereocenters. The first-order chi connectivity index (χ1) is 12.0. The zero-order valence-corrected chi connectivity index (χ0v) is 14.3. The van der Waals surface area contributed by atoms with Crippen molar-refractivity contribution in [1.82, 2.24) is 14.7 Å². The first kappa shape index (κ1) is 16.7. The highest BCUT2D eigenvalue weighted by atomic mass is 16.5. The predicted molar refractivity (Wildman–Crippen MR) is 95.1 cm³/mol. The second kappa shape index (κ2) is 6.76. The van der Waals surface area contributed by atoms with Gasteiger partial charge in [0.1, 0.15) is 17.0 Å². The van der Waals surface area contributed by atoms with Gasteiger partial charge in [-0.1, -0.05) is 23.8 Å². The number of nitrogens with zero attached hydrogens (tertiary/aromatic N) is 2. The first-order valence-corrected chi connectivity index (χ1v) is 7.93. The second-order valence-electron chi connectivity index (χ2n) is 5.85. The highest BCUT2D eigenvalue weighted by Crippen LogP contribution is 2.26. The number of rotatable bonds is 4. The molecule has 2 heterocycles. The molecule has 3 aromatic rings. The molecule has 0 saturated heterocycles. The van der Waals surface area contributed by atoms with Gasteiger partial charge in [-0.15, -0.1) is 0 Å². The van der Waals surface area contributed by atoms with Gasteiger partial charge in [0.15, 0.2) is 0 Å². The van der Waals surface area contributed by atoms with E-state index < -0.39 is 11.5 Å². The number of aryl methyl sites for hydroxylation is 1. The SMILES string of the molecule is COc1ccc(C)cc1C(C)NC(=O)c1cnc2ccccn2c1=O. The maximum absolute atomic E-state index is 12.6. The minimum atomic E-state index is -0.466. The van der Waals surface area contributed by atoms with Crippen LogP contribution < -0.4 is 15.6 Å². The zero-order chi connectivity index (χ0) is 18.0. The highest BCUT2D eigenvalue weighted by Gasteiger charge is 2.18. The molecule has 25 heavy (non-hydrogen) atoms. The van der Waals surface area contributed by atoms with E-state index in [2.05, 4.69) is 10.3 Å². The number of pyridine rings is 1. The van der Waals surface area contributed by atoms with Crippen LogP contribution in [0.3, 0.4) is 0 Å². The lowest BCUT2D eigenvalue weighted by Crippen LogP contribution is -2.33. The van der Waals surface area contributed by atoms with Crippen LogP contribution in [0.25, 0.3) is 5.65 Å². The number of methoxy groups -OCH3 is 1. The summed E-state index contributed by atoms with van der Waals surface area (Å²) in [5.74, 6) is 0.221. The van der Waals surface area contributed by atoms with Crippen molar-refractivity contribution in [2.45, 2.75) is 19.9 Å². The van der Waals surface area contributed by atoms with Gasteiger partial charge in [-0.3, -0.25) is 14.0 Å². The molecule has 0 saturated carbocycles. The van der Waals surface area contributed by atoms with Gasteiger partial charge in [0.25, 0.3) is 11.5 Å². The Morgan fingerprint density at radius 1 is 1.28 bits per heavy atom. The fraction of sp³-hybridized carbons (Fsp3) is 0.211. The van der Waals surface area contributed by atoms with E-state index in [1.165, 1.54) is 10.6 Å². The average molecular weight is 337 g/mol.